The summed E-state index contributed by atoms with van der Waals surface area (Å²) in [6, 6.07) is 15.0. The largest absolute Gasteiger partial charge is 0.346 e. The third-order valence-corrected chi connectivity index (χ3v) is 5.11. The summed E-state index contributed by atoms with van der Waals surface area (Å²) in [4.78, 5) is 12.5. The molecule has 0 aliphatic rings. The van der Waals surface area contributed by atoms with Crippen LogP contribution < -0.4 is 10.5 Å². The van der Waals surface area contributed by atoms with E-state index in [4.69, 9.17) is 5.14 Å². The normalized spacial score (nSPS) is 12.5. The molecule has 0 radical (unpaired) electrons. The first kappa shape index (κ1) is 18.8. The molecular weight excluding hydrogens is 364 g/mol. The Hall–Kier alpha value is -2.97. The van der Waals surface area contributed by atoms with Gasteiger partial charge in [-0.25, -0.2) is 13.6 Å². The highest BCUT2D eigenvalue weighted by Crippen LogP contribution is 2.16. The van der Waals surface area contributed by atoms with E-state index in [0.29, 0.717) is 12.1 Å². The Morgan fingerprint density at radius 3 is 2.37 bits per heavy atom. The van der Waals surface area contributed by atoms with Gasteiger partial charge in [0.25, 0.3) is 5.91 Å². The number of hydrogen-bond acceptors (Lipinski definition) is 4. The Labute approximate surface area is 157 Å². The summed E-state index contributed by atoms with van der Waals surface area (Å²) in [5.41, 5.74) is 2.38. The Balaban J connectivity index is 1.64. The fourth-order valence-electron chi connectivity index (χ4n) is 2.65. The first-order chi connectivity index (χ1) is 12.8. The zero-order chi connectivity index (χ0) is 19.4. The summed E-state index contributed by atoms with van der Waals surface area (Å²) in [5.74, 6) is -0.205. The maximum Gasteiger partial charge on any atom is 0.251 e. The number of rotatable bonds is 6. The molecule has 1 aromatic heterocycles. The summed E-state index contributed by atoms with van der Waals surface area (Å²) < 4.78 is 24.4. The molecule has 0 fully saturated rings. The van der Waals surface area contributed by atoms with Gasteiger partial charge in [0.15, 0.2) is 0 Å². The van der Waals surface area contributed by atoms with Crippen LogP contribution in [0.5, 0.6) is 0 Å². The Bertz CT molecular complexity index is 1010. The van der Waals surface area contributed by atoms with Crippen molar-refractivity contribution in [3.8, 4) is 0 Å². The van der Waals surface area contributed by atoms with Crippen LogP contribution in [0.3, 0.4) is 0 Å². The molecule has 0 aliphatic heterocycles. The highest BCUT2D eigenvalue weighted by Gasteiger charge is 2.13. The highest BCUT2D eigenvalue weighted by atomic mass is 32.2. The molecule has 1 atom stereocenters. The van der Waals surface area contributed by atoms with Crippen molar-refractivity contribution in [3.63, 3.8) is 0 Å². The van der Waals surface area contributed by atoms with Gasteiger partial charge in [0.05, 0.1) is 17.5 Å². The van der Waals surface area contributed by atoms with E-state index in [1.807, 2.05) is 36.0 Å². The van der Waals surface area contributed by atoms with Crippen molar-refractivity contribution in [3.05, 3.63) is 83.7 Å². The van der Waals surface area contributed by atoms with Crippen LogP contribution in [0.25, 0.3) is 0 Å². The van der Waals surface area contributed by atoms with E-state index >= 15 is 0 Å². The molecule has 1 heterocycles. The predicted octanol–water partition coefficient (Wildman–Crippen LogP) is 2.07. The van der Waals surface area contributed by atoms with E-state index in [0.717, 1.165) is 11.1 Å². The molecular formula is C19H20N4O3S. The van der Waals surface area contributed by atoms with Gasteiger partial charge >= 0.3 is 0 Å². The average molecular weight is 384 g/mol. The standard InChI is InChI=1S/C19H20N4O3S/c1-14(16-7-9-18(10-8-16)27(20,25)26)22-19(24)17-5-3-15(4-6-17)13-23-12-2-11-21-23/h2-12,14H,13H2,1H3,(H,22,24)(H2,20,25,26)/t14-/m1/s1. The molecule has 0 unspecified atom stereocenters. The van der Waals surface area contributed by atoms with Crippen LogP contribution in [0, 0.1) is 0 Å². The van der Waals surface area contributed by atoms with Gasteiger partial charge in [-0.1, -0.05) is 24.3 Å². The molecule has 0 bridgehead atoms. The SMILES string of the molecule is C[C@@H](NC(=O)c1ccc(Cn2cccn2)cc1)c1ccc(S(N)(=O)=O)cc1. The molecule has 3 rings (SSSR count). The van der Waals surface area contributed by atoms with Gasteiger partial charge < -0.3 is 5.32 Å². The molecule has 0 saturated carbocycles. The van der Waals surface area contributed by atoms with E-state index in [1.54, 1.807) is 30.5 Å². The number of nitrogens with two attached hydrogens (primary N) is 1. The molecule has 3 N–H and O–H groups in total. The van der Waals surface area contributed by atoms with Crippen LogP contribution in [-0.4, -0.2) is 24.1 Å². The Morgan fingerprint density at radius 2 is 1.81 bits per heavy atom. The lowest BCUT2D eigenvalue weighted by atomic mass is 10.1. The van der Waals surface area contributed by atoms with Crippen LogP contribution in [0.15, 0.2) is 71.9 Å². The van der Waals surface area contributed by atoms with E-state index in [9.17, 15) is 13.2 Å². The minimum Gasteiger partial charge on any atom is -0.346 e. The highest BCUT2D eigenvalue weighted by molar-refractivity contribution is 7.89. The summed E-state index contributed by atoms with van der Waals surface area (Å²) in [5, 5.41) is 12.1. The molecule has 2 aromatic carbocycles. The molecule has 8 heteroatoms. The molecule has 0 spiro atoms. The summed E-state index contributed by atoms with van der Waals surface area (Å²) in [7, 11) is -3.73. The van der Waals surface area contributed by atoms with Crippen molar-refractivity contribution in [2.45, 2.75) is 24.4 Å². The third-order valence-electron chi connectivity index (χ3n) is 4.18. The van der Waals surface area contributed by atoms with E-state index < -0.39 is 10.0 Å². The second kappa shape index (κ2) is 7.73. The second-order valence-electron chi connectivity index (χ2n) is 6.21. The molecule has 27 heavy (non-hydrogen) atoms. The quantitative estimate of drug-likeness (QED) is 0.678. The van der Waals surface area contributed by atoms with Crippen LogP contribution >= 0.6 is 0 Å². The summed E-state index contributed by atoms with van der Waals surface area (Å²) >= 11 is 0. The molecule has 0 saturated heterocycles. The lowest BCUT2D eigenvalue weighted by Gasteiger charge is -2.15. The second-order valence-corrected chi connectivity index (χ2v) is 7.77. The van der Waals surface area contributed by atoms with Gasteiger partial charge in [-0.05, 0) is 48.4 Å². The van der Waals surface area contributed by atoms with Gasteiger partial charge in [0.1, 0.15) is 0 Å². The number of benzene rings is 2. The number of carbonyl (C=O) groups excluding carboxylic acids is 1. The van der Waals surface area contributed by atoms with Crippen LogP contribution in [0.2, 0.25) is 0 Å². The number of nitrogens with zero attached hydrogens (tertiary/aromatic N) is 2. The maximum absolute atomic E-state index is 12.4. The topological polar surface area (TPSA) is 107 Å². The van der Waals surface area contributed by atoms with Crippen molar-refractivity contribution in [1.82, 2.24) is 15.1 Å². The van der Waals surface area contributed by atoms with Crippen molar-refractivity contribution in [2.75, 3.05) is 0 Å². The van der Waals surface area contributed by atoms with E-state index in [-0.39, 0.29) is 16.8 Å². The lowest BCUT2D eigenvalue weighted by molar-refractivity contribution is 0.0940. The molecule has 1 amide bonds. The summed E-state index contributed by atoms with van der Waals surface area (Å²) in [6.45, 7) is 2.47. The maximum atomic E-state index is 12.4. The van der Waals surface area contributed by atoms with Gasteiger partial charge in [-0.3, -0.25) is 9.48 Å². The molecule has 7 nitrogen and oxygen atoms in total. The number of amides is 1. The zero-order valence-electron chi connectivity index (χ0n) is 14.7. The average Bonchev–Trinajstić information content (AvgIpc) is 3.14. The Kier molecular flexibility index (Phi) is 5.38. The smallest absolute Gasteiger partial charge is 0.251 e. The van der Waals surface area contributed by atoms with Crippen LogP contribution in [-0.2, 0) is 16.6 Å². The first-order valence-corrected chi connectivity index (χ1v) is 9.87. The lowest BCUT2D eigenvalue weighted by Crippen LogP contribution is -2.26. The van der Waals surface area contributed by atoms with Crippen molar-refractivity contribution in [1.29, 1.82) is 0 Å². The number of nitrogens with one attached hydrogen (secondary N) is 1. The zero-order valence-corrected chi connectivity index (χ0v) is 15.6. The van der Waals surface area contributed by atoms with E-state index in [1.165, 1.54) is 12.1 Å². The fourth-order valence-corrected chi connectivity index (χ4v) is 3.17. The van der Waals surface area contributed by atoms with Crippen LogP contribution in [0.1, 0.15) is 34.5 Å². The van der Waals surface area contributed by atoms with E-state index in [2.05, 4.69) is 10.4 Å². The number of aromatic nitrogens is 2. The van der Waals surface area contributed by atoms with Gasteiger partial charge in [-0.15, -0.1) is 0 Å². The van der Waals surface area contributed by atoms with Gasteiger partial charge in [-0.2, -0.15) is 5.10 Å². The number of primary sulfonamides is 1. The molecule has 3 aromatic rings. The van der Waals surface area contributed by atoms with Crippen molar-refractivity contribution < 1.29 is 13.2 Å². The van der Waals surface area contributed by atoms with Crippen molar-refractivity contribution >= 4 is 15.9 Å². The minimum atomic E-state index is -3.73. The first-order valence-electron chi connectivity index (χ1n) is 8.33. The van der Waals surface area contributed by atoms with Gasteiger partial charge in [0.2, 0.25) is 10.0 Å². The van der Waals surface area contributed by atoms with Crippen LogP contribution in [0.4, 0.5) is 0 Å². The Morgan fingerprint density at radius 1 is 1.15 bits per heavy atom. The third kappa shape index (κ3) is 4.81. The summed E-state index contributed by atoms with van der Waals surface area (Å²) in [6.07, 6.45) is 3.60. The number of carbonyl (C=O) groups is 1. The number of sulfonamides is 1. The molecule has 0 aliphatic carbocycles. The van der Waals surface area contributed by atoms with Gasteiger partial charge in [0, 0.05) is 18.0 Å². The molecule has 140 valence electrons. The predicted molar refractivity (Wildman–Crippen MR) is 101 cm³/mol. The monoisotopic (exact) mass is 384 g/mol. The number of hydrogen-bond donors (Lipinski definition) is 2. The van der Waals surface area contributed by atoms with Crippen molar-refractivity contribution in [2.24, 2.45) is 5.14 Å². The fraction of sp³-hybridized carbons (Fsp3) is 0.158. The minimum absolute atomic E-state index is 0.0394.